The van der Waals surface area contributed by atoms with Gasteiger partial charge in [0.25, 0.3) is 5.72 Å². The monoisotopic (exact) mass is 591 g/mol. The highest BCUT2D eigenvalue weighted by atomic mass is 16.7. The fourth-order valence-electron chi connectivity index (χ4n) is 4.56. The Morgan fingerprint density at radius 1 is 0.905 bits per heavy atom. The number of carboxylic acids is 1. The van der Waals surface area contributed by atoms with Crippen LogP contribution in [-0.2, 0) is 30.3 Å². The van der Waals surface area contributed by atoms with Crippen molar-refractivity contribution in [2.24, 2.45) is 11.8 Å². The molecule has 0 radical (unpaired) electrons. The number of aliphatic carboxylic acids is 1. The normalized spacial score (nSPS) is 16.0. The predicted octanol–water partition coefficient (Wildman–Crippen LogP) is 6.57. The number of carboxylic acid groups (broad SMARTS) is 1. The summed E-state index contributed by atoms with van der Waals surface area (Å²) in [6.45, 7) is 11.6. The van der Waals surface area contributed by atoms with E-state index < -0.39 is 29.8 Å². The number of rotatable bonds is 16. The quantitative estimate of drug-likeness (QED) is 0.123. The predicted molar refractivity (Wildman–Crippen MR) is 157 cm³/mol. The van der Waals surface area contributed by atoms with Crippen molar-refractivity contribution in [2.75, 3.05) is 0 Å². The van der Waals surface area contributed by atoms with Crippen LogP contribution in [0.4, 0.5) is 4.79 Å². The van der Waals surface area contributed by atoms with Crippen LogP contribution < -0.4 is 14.8 Å². The smallest absolute Gasteiger partial charge is 0.477 e. The topological polar surface area (TPSA) is 137 Å². The maximum atomic E-state index is 12.8. The van der Waals surface area contributed by atoms with Gasteiger partial charge in [-0.05, 0) is 81.4 Å². The molecule has 0 bridgehead atoms. The van der Waals surface area contributed by atoms with Crippen molar-refractivity contribution in [3.05, 3.63) is 23.8 Å². The SMILES string of the molecule is CCC(C)N[C@@](Cc1ccc(OC(=O)CCC(C)C)c(OC(=O)CCC(C)C)c1)(OC(=O)OC1CCCCC1)C(=O)O. The van der Waals surface area contributed by atoms with E-state index in [9.17, 15) is 24.3 Å². The van der Waals surface area contributed by atoms with Crippen molar-refractivity contribution >= 4 is 24.1 Å². The Morgan fingerprint density at radius 2 is 1.48 bits per heavy atom. The lowest BCUT2D eigenvalue weighted by molar-refractivity contribution is -0.168. The van der Waals surface area contributed by atoms with Gasteiger partial charge in [0.1, 0.15) is 6.10 Å². The molecule has 2 atom stereocenters. The second kappa shape index (κ2) is 17.1. The summed E-state index contributed by atoms with van der Waals surface area (Å²) >= 11 is 0. The van der Waals surface area contributed by atoms with E-state index in [1.807, 2.05) is 34.6 Å². The maximum absolute atomic E-state index is 12.8. The fourth-order valence-corrected chi connectivity index (χ4v) is 4.56. The highest BCUT2D eigenvalue weighted by molar-refractivity contribution is 5.81. The van der Waals surface area contributed by atoms with Crippen LogP contribution in [0.5, 0.6) is 11.5 Å². The van der Waals surface area contributed by atoms with E-state index in [0.29, 0.717) is 43.6 Å². The fraction of sp³-hybridized carbons (Fsp3) is 0.688. The van der Waals surface area contributed by atoms with Gasteiger partial charge in [-0.15, -0.1) is 0 Å². The Bertz CT molecular complexity index is 1050. The van der Waals surface area contributed by atoms with Gasteiger partial charge in [0, 0.05) is 25.3 Å². The molecule has 236 valence electrons. The minimum Gasteiger partial charge on any atom is -0.477 e. The zero-order valence-electron chi connectivity index (χ0n) is 26.0. The van der Waals surface area contributed by atoms with Gasteiger partial charge in [-0.2, -0.15) is 0 Å². The van der Waals surface area contributed by atoms with E-state index in [1.54, 1.807) is 13.0 Å². The first-order valence-corrected chi connectivity index (χ1v) is 15.3. The molecule has 1 aliphatic carbocycles. The van der Waals surface area contributed by atoms with Crippen molar-refractivity contribution in [1.29, 1.82) is 0 Å². The summed E-state index contributed by atoms with van der Waals surface area (Å²) in [7, 11) is 0. The van der Waals surface area contributed by atoms with Crippen molar-refractivity contribution < 1.29 is 43.2 Å². The molecule has 10 heteroatoms. The van der Waals surface area contributed by atoms with Gasteiger partial charge in [-0.25, -0.2) is 9.59 Å². The van der Waals surface area contributed by atoms with Crippen LogP contribution in [-0.4, -0.2) is 47.0 Å². The maximum Gasteiger partial charge on any atom is 0.510 e. The van der Waals surface area contributed by atoms with Crippen molar-refractivity contribution in [2.45, 2.75) is 130 Å². The van der Waals surface area contributed by atoms with Gasteiger partial charge in [0.2, 0.25) is 0 Å². The Morgan fingerprint density at radius 3 is 2.00 bits per heavy atom. The number of carbonyl (C=O) groups excluding carboxylic acids is 3. The van der Waals surface area contributed by atoms with Crippen LogP contribution in [0.1, 0.15) is 111 Å². The van der Waals surface area contributed by atoms with Gasteiger partial charge in [0.05, 0.1) is 0 Å². The van der Waals surface area contributed by atoms with Crippen LogP contribution in [0, 0.1) is 11.8 Å². The Kier molecular flexibility index (Phi) is 14.3. The van der Waals surface area contributed by atoms with Crippen molar-refractivity contribution in [1.82, 2.24) is 5.32 Å². The second-order valence-corrected chi connectivity index (χ2v) is 12.1. The second-order valence-electron chi connectivity index (χ2n) is 12.1. The molecule has 0 aliphatic heterocycles. The molecule has 10 nitrogen and oxygen atoms in total. The summed E-state index contributed by atoms with van der Waals surface area (Å²) in [5.41, 5.74) is -1.78. The summed E-state index contributed by atoms with van der Waals surface area (Å²) in [5.74, 6) is -1.74. The van der Waals surface area contributed by atoms with E-state index in [2.05, 4.69) is 5.32 Å². The van der Waals surface area contributed by atoms with E-state index in [4.69, 9.17) is 18.9 Å². The van der Waals surface area contributed by atoms with Crippen LogP contribution in [0.2, 0.25) is 0 Å². The van der Waals surface area contributed by atoms with Gasteiger partial charge in [0.15, 0.2) is 11.5 Å². The van der Waals surface area contributed by atoms with E-state index >= 15 is 0 Å². The minimum absolute atomic E-state index is 0.00763. The standard InChI is InChI=1S/C32H49NO9/c1-7-23(6)33-32(30(36)37,42-31(38)39-25-11-9-8-10-12-25)20-24-15-16-26(40-28(34)17-13-21(2)3)27(19-24)41-29(35)18-14-22(4)5/h15-16,19,21-23,25,33H,7-14,17-18,20H2,1-6H3,(H,36,37)/t23?,32-/m0/s1. The molecule has 0 saturated heterocycles. The Hall–Kier alpha value is -3.14. The molecule has 42 heavy (non-hydrogen) atoms. The lowest BCUT2D eigenvalue weighted by Crippen LogP contribution is -2.59. The van der Waals surface area contributed by atoms with E-state index in [-0.39, 0.29) is 48.8 Å². The number of ether oxygens (including phenoxy) is 4. The van der Waals surface area contributed by atoms with Crippen molar-refractivity contribution in [3.8, 4) is 11.5 Å². The number of hydrogen-bond acceptors (Lipinski definition) is 9. The zero-order chi connectivity index (χ0) is 31.3. The highest BCUT2D eigenvalue weighted by Gasteiger charge is 2.45. The minimum atomic E-state index is -2.16. The summed E-state index contributed by atoms with van der Waals surface area (Å²) in [6.07, 6.45) is 4.83. The summed E-state index contributed by atoms with van der Waals surface area (Å²) < 4.78 is 22.2. The number of benzene rings is 1. The molecule has 0 aromatic heterocycles. The largest absolute Gasteiger partial charge is 0.510 e. The van der Waals surface area contributed by atoms with Gasteiger partial charge in [-0.1, -0.05) is 47.1 Å². The zero-order valence-corrected chi connectivity index (χ0v) is 26.0. The molecule has 1 aliphatic rings. The third-order valence-electron chi connectivity index (χ3n) is 7.27. The van der Waals surface area contributed by atoms with Gasteiger partial charge >= 0.3 is 24.1 Å². The van der Waals surface area contributed by atoms with Crippen molar-refractivity contribution in [3.63, 3.8) is 0 Å². The lowest BCUT2D eigenvalue weighted by Gasteiger charge is -2.33. The molecule has 1 fully saturated rings. The summed E-state index contributed by atoms with van der Waals surface area (Å²) in [5, 5.41) is 13.3. The third-order valence-corrected chi connectivity index (χ3v) is 7.27. The molecular formula is C32H49NO9. The molecule has 0 heterocycles. The molecule has 0 spiro atoms. The molecule has 2 N–H and O–H groups in total. The molecule has 1 unspecified atom stereocenters. The average molecular weight is 592 g/mol. The number of hydrogen-bond donors (Lipinski definition) is 2. The summed E-state index contributed by atoms with van der Waals surface area (Å²) in [4.78, 5) is 50.7. The lowest BCUT2D eigenvalue weighted by atomic mass is 9.98. The number of nitrogens with one attached hydrogen (secondary N) is 1. The van der Waals surface area contributed by atoms with Gasteiger partial charge < -0.3 is 24.1 Å². The molecule has 1 aromatic carbocycles. The first kappa shape index (κ1) is 35.1. The van der Waals surface area contributed by atoms with Crippen LogP contribution in [0.25, 0.3) is 0 Å². The van der Waals surface area contributed by atoms with Gasteiger partial charge in [-0.3, -0.25) is 14.9 Å². The van der Waals surface area contributed by atoms with E-state index in [1.165, 1.54) is 12.1 Å². The number of carbonyl (C=O) groups is 4. The molecular weight excluding hydrogens is 542 g/mol. The molecule has 0 amide bonds. The Labute approximate surface area is 249 Å². The third kappa shape index (κ3) is 12.0. The Balaban J connectivity index is 2.38. The first-order chi connectivity index (χ1) is 19.8. The van der Waals surface area contributed by atoms with E-state index in [0.717, 1.165) is 19.3 Å². The molecule has 1 aromatic rings. The number of esters is 2. The molecule has 1 saturated carbocycles. The summed E-state index contributed by atoms with van der Waals surface area (Å²) in [6, 6.07) is 4.15. The van der Waals surface area contributed by atoms with Crippen LogP contribution >= 0.6 is 0 Å². The highest BCUT2D eigenvalue weighted by Crippen LogP contribution is 2.32. The first-order valence-electron chi connectivity index (χ1n) is 15.3. The van der Waals surface area contributed by atoms with Crippen LogP contribution in [0.15, 0.2) is 18.2 Å². The molecule has 2 rings (SSSR count). The average Bonchev–Trinajstić information content (AvgIpc) is 2.92. The van der Waals surface area contributed by atoms with Crippen LogP contribution in [0.3, 0.4) is 0 Å².